The van der Waals surface area contributed by atoms with Crippen LogP contribution in [-0.4, -0.2) is 54.4 Å². The highest BCUT2D eigenvalue weighted by Gasteiger charge is 2.17. The van der Waals surface area contributed by atoms with Crippen LogP contribution in [0.3, 0.4) is 0 Å². The fraction of sp³-hybridized carbons (Fsp3) is 0.714. The summed E-state index contributed by atoms with van der Waals surface area (Å²) < 4.78 is 0. The average molecular weight is 263 g/mol. The van der Waals surface area contributed by atoms with Gasteiger partial charge in [0, 0.05) is 32.7 Å². The summed E-state index contributed by atoms with van der Waals surface area (Å²) in [5, 5.41) is 11.9. The molecule has 0 atom stereocenters. The first kappa shape index (κ1) is 14.2. The highest BCUT2D eigenvalue weighted by Crippen LogP contribution is 2.12. The number of aromatic nitrogens is 2. The second-order valence-corrected chi connectivity index (χ2v) is 4.99. The third-order valence-electron chi connectivity index (χ3n) is 3.50. The largest absolute Gasteiger partial charge is 0.353 e. The van der Waals surface area contributed by atoms with Crippen LogP contribution < -0.4 is 10.2 Å². The monoisotopic (exact) mass is 263 g/mol. The van der Waals surface area contributed by atoms with Gasteiger partial charge in [-0.25, -0.2) is 0 Å². The molecule has 2 rings (SSSR count). The molecule has 0 aromatic carbocycles. The fourth-order valence-corrected chi connectivity index (χ4v) is 2.39. The molecule has 106 valence electrons. The Hall–Kier alpha value is -1.20. The van der Waals surface area contributed by atoms with Crippen molar-refractivity contribution in [3.05, 3.63) is 17.8 Å². The molecule has 1 aliphatic rings. The number of nitrogens with one attached hydrogen (secondary N) is 1. The van der Waals surface area contributed by atoms with E-state index in [1.807, 2.05) is 0 Å². The van der Waals surface area contributed by atoms with Gasteiger partial charge in [-0.1, -0.05) is 13.8 Å². The maximum absolute atomic E-state index is 4.34. The number of rotatable bonds is 6. The minimum absolute atomic E-state index is 0.800. The van der Waals surface area contributed by atoms with Crippen LogP contribution >= 0.6 is 0 Å². The van der Waals surface area contributed by atoms with Crippen molar-refractivity contribution in [1.82, 2.24) is 20.4 Å². The highest BCUT2D eigenvalue weighted by atomic mass is 15.3. The molecule has 1 aliphatic heterocycles. The van der Waals surface area contributed by atoms with Crippen LogP contribution in [0.5, 0.6) is 0 Å². The van der Waals surface area contributed by atoms with Crippen molar-refractivity contribution in [1.29, 1.82) is 0 Å². The van der Waals surface area contributed by atoms with Crippen LogP contribution in [0.1, 0.15) is 26.0 Å². The van der Waals surface area contributed by atoms with E-state index in [-0.39, 0.29) is 0 Å². The molecule has 1 aromatic heterocycles. The lowest BCUT2D eigenvalue weighted by Crippen LogP contribution is -2.46. The third kappa shape index (κ3) is 4.14. The van der Waals surface area contributed by atoms with Crippen LogP contribution in [-0.2, 0) is 6.54 Å². The van der Waals surface area contributed by atoms with Gasteiger partial charge in [-0.3, -0.25) is 4.90 Å². The van der Waals surface area contributed by atoms with E-state index in [4.69, 9.17) is 0 Å². The highest BCUT2D eigenvalue weighted by molar-refractivity contribution is 5.37. The SMILES string of the molecule is CCCN1CCN(c2ccc(CNCC)nn2)CC1. The van der Waals surface area contributed by atoms with Gasteiger partial charge in [-0.2, -0.15) is 5.10 Å². The van der Waals surface area contributed by atoms with Crippen molar-refractivity contribution in [2.45, 2.75) is 26.8 Å². The minimum atomic E-state index is 0.800. The Kier molecular flexibility index (Phi) is 5.54. The summed E-state index contributed by atoms with van der Waals surface area (Å²) in [5.41, 5.74) is 1.01. The van der Waals surface area contributed by atoms with Gasteiger partial charge < -0.3 is 10.2 Å². The number of nitrogens with zero attached hydrogens (tertiary/aromatic N) is 4. The maximum atomic E-state index is 4.34. The third-order valence-corrected chi connectivity index (χ3v) is 3.50. The zero-order chi connectivity index (χ0) is 13.5. The summed E-state index contributed by atoms with van der Waals surface area (Å²) in [7, 11) is 0. The van der Waals surface area contributed by atoms with Crippen LogP contribution in [0.15, 0.2) is 12.1 Å². The molecule has 0 bridgehead atoms. The summed E-state index contributed by atoms with van der Waals surface area (Å²) in [6.45, 7) is 11.7. The van der Waals surface area contributed by atoms with Crippen molar-refractivity contribution >= 4 is 5.82 Å². The summed E-state index contributed by atoms with van der Waals surface area (Å²) >= 11 is 0. The van der Waals surface area contributed by atoms with Gasteiger partial charge >= 0.3 is 0 Å². The summed E-state index contributed by atoms with van der Waals surface area (Å²) in [6, 6.07) is 4.17. The fourth-order valence-electron chi connectivity index (χ4n) is 2.39. The van der Waals surface area contributed by atoms with Gasteiger partial charge in [0.15, 0.2) is 5.82 Å². The molecule has 5 nitrogen and oxygen atoms in total. The second kappa shape index (κ2) is 7.40. The van der Waals surface area contributed by atoms with E-state index >= 15 is 0 Å². The number of piperazine rings is 1. The van der Waals surface area contributed by atoms with E-state index in [1.54, 1.807) is 0 Å². The zero-order valence-corrected chi connectivity index (χ0v) is 12.1. The van der Waals surface area contributed by atoms with Gasteiger partial charge in [0.2, 0.25) is 0 Å². The van der Waals surface area contributed by atoms with E-state index in [0.29, 0.717) is 0 Å². The first-order valence-electron chi connectivity index (χ1n) is 7.34. The van der Waals surface area contributed by atoms with Gasteiger partial charge in [-0.15, -0.1) is 5.10 Å². The van der Waals surface area contributed by atoms with E-state index in [9.17, 15) is 0 Å². The summed E-state index contributed by atoms with van der Waals surface area (Å²) in [5.74, 6) is 1.01. The molecule has 0 amide bonds. The summed E-state index contributed by atoms with van der Waals surface area (Å²) in [4.78, 5) is 4.85. The molecule has 0 spiro atoms. The lowest BCUT2D eigenvalue weighted by molar-refractivity contribution is 0.258. The molecule has 2 heterocycles. The smallest absolute Gasteiger partial charge is 0.151 e. The van der Waals surface area contributed by atoms with Crippen molar-refractivity contribution in [2.24, 2.45) is 0 Å². The van der Waals surface area contributed by atoms with Gasteiger partial charge in [0.05, 0.1) is 5.69 Å². The summed E-state index contributed by atoms with van der Waals surface area (Å²) in [6.07, 6.45) is 1.24. The number of hydrogen-bond donors (Lipinski definition) is 1. The van der Waals surface area contributed by atoms with Crippen LogP contribution in [0, 0.1) is 0 Å². The Morgan fingerprint density at radius 3 is 2.47 bits per heavy atom. The predicted molar refractivity (Wildman–Crippen MR) is 78.4 cm³/mol. The van der Waals surface area contributed by atoms with Crippen LogP contribution in [0.2, 0.25) is 0 Å². The molecule has 1 saturated heterocycles. The van der Waals surface area contributed by atoms with E-state index in [1.165, 1.54) is 13.0 Å². The quantitative estimate of drug-likeness (QED) is 0.833. The van der Waals surface area contributed by atoms with Crippen molar-refractivity contribution in [3.8, 4) is 0 Å². The minimum Gasteiger partial charge on any atom is -0.353 e. The molecular weight excluding hydrogens is 238 g/mol. The molecule has 5 heteroatoms. The number of anilines is 1. The Morgan fingerprint density at radius 1 is 1.11 bits per heavy atom. The molecule has 0 radical (unpaired) electrons. The lowest BCUT2D eigenvalue weighted by atomic mass is 10.3. The standard InChI is InChI=1S/C14H25N5/c1-3-7-18-8-10-19(11-9-18)14-6-5-13(16-17-14)12-15-4-2/h5-6,15H,3-4,7-12H2,1-2H3. The Labute approximate surface area is 116 Å². The van der Waals surface area contributed by atoms with Crippen molar-refractivity contribution in [3.63, 3.8) is 0 Å². The van der Waals surface area contributed by atoms with Crippen LogP contribution in [0.4, 0.5) is 5.82 Å². The molecule has 0 saturated carbocycles. The molecule has 1 aromatic rings. The molecule has 1 N–H and O–H groups in total. The van der Waals surface area contributed by atoms with Crippen molar-refractivity contribution < 1.29 is 0 Å². The second-order valence-electron chi connectivity index (χ2n) is 4.99. The molecule has 0 unspecified atom stereocenters. The first-order valence-corrected chi connectivity index (χ1v) is 7.34. The van der Waals surface area contributed by atoms with Gasteiger partial charge in [0.1, 0.15) is 0 Å². The Bertz CT molecular complexity index is 357. The zero-order valence-electron chi connectivity index (χ0n) is 12.1. The lowest BCUT2D eigenvalue weighted by Gasteiger charge is -2.34. The predicted octanol–water partition coefficient (Wildman–Crippen LogP) is 1.12. The van der Waals surface area contributed by atoms with E-state index in [2.05, 4.69) is 51.3 Å². The van der Waals surface area contributed by atoms with E-state index in [0.717, 1.165) is 50.8 Å². The topological polar surface area (TPSA) is 44.3 Å². The molecule has 0 aliphatic carbocycles. The first-order chi connectivity index (χ1) is 9.33. The number of hydrogen-bond acceptors (Lipinski definition) is 5. The molecule has 19 heavy (non-hydrogen) atoms. The van der Waals surface area contributed by atoms with Gasteiger partial charge in [-0.05, 0) is 31.6 Å². The average Bonchev–Trinajstić information content (AvgIpc) is 2.47. The van der Waals surface area contributed by atoms with Crippen molar-refractivity contribution in [2.75, 3.05) is 44.2 Å². The van der Waals surface area contributed by atoms with Gasteiger partial charge in [0.25, 0.3) is 0 Å². The maximum Gasteiger partial charge on any atom is 0.151 e. The molecular formula is C14H25N5. The van der Waals surface area contributed by atoms with Crippen LogP contribution in [0.25, 0.3) is 0 Å². The Morgan fingerprint density at radius 2 is 1.89 bits per heavy atom. The Balaban J connectivity index is 1.85. The molecule has 1 fully saturated rings. The normalized spacial score (nSPS) is 16.8. The van der Waals surface area contributed by atoms with E-state index < -0.39 is 0 Å².